The molecular weight excluding hydrogens is 319 g/mol. The number of anilines is 2. The van der Waals surface area contributed by atoms with Gasteiger partial charge in [0, 0.05) is 23.5 Å². The Morgan fingerprint density at radius 1 is 1.12 bits per heavy atom. The number of nitrogens with one attached hydrogen (secondary N) is 2. The first kappa shape index (κ1) is 15.2. The van der Waals surface area contributed by atoms with Crippen LogP contribution in [0.25, 0.3) is 22.4 Å². The maximum absolute atomic E-state index is 13.3. The van der Waals surface area contributed by atoms with Crippen molar-refractivity contribution in [3.8, 4) is 11.4 Å². The molecular formula is C18H15FN6. The number of alkyl halides is 1. The Morgan fingerprint density at radius 2 is 2.00 bits per heavy atom. The average Bonchev–Trinajstić information content (AvgIpc) is 3.06. The molecule has 0 radical (unpaired) electrons. The molecule has 124 valence electrons. The number of aryl methyl sites for hydroxylation is 1. The Bertz CT molecular complexity index is 1040. The van der Waals surface area contributed by atoms with Crippen molar-refractivity contribution in [2.24, 2.45) is 0 Å². The van der Waals surface area contributed by atoms with Crippen molar-refractivity contribution in [2.45, 2.75) is 13.6 Å². The minimum absolute atomic E-state index is 0.425. The lowest BCUT2D eigenvalue weighted by Gasteiger charge is -2.10. The van der Waals surface area contributed by atoms with Gasteiger partial charge in [-0.05, 0) is 24.6 Å². The molecule has 3 heterocycles. The summed E-state index contributed by atoms with van der Waals surface area (Å²) in [5.41, 5.74) is 2.66. The smallest absolute Gasteiger partial charge is 0.165 e. The molecule has 4 rings (SSSR count). The molecule has 4 aromatic rings. The molecule has 3 aromatic heterocycles. The molecule has 0 aliphatic rings. The topological polar surface area (TPSA) is 79.4 Å². The van der Waals surface area contributed by atoms with E-state index in [4.69, 9.17) is 0 Å². The summed E-state index contributed by atoms with van der Waals surface area (Å²) in [6.07, 6.45) is 1.67. The summed E-state index contributed by atoms with van der Waals surface area (Å²) >= 11 is 0. The molecule has 0 amide bonds. The lowest BCUT2D eigenvalue weighted by Crippen LogP contribution is -2.01. The Morgan fingerprint density at radius 3 is 2.80 bits per heavy atom. The van der Waals surface area contributed by atoms with Gasteiger partial charge in [-0.1, -0.05) is 24.3 Å². The number of H-pyrrole nitrogens is 1. The predicted molar refractivity (Wildman–Crippen MR) is 94.2 cm³/mol. The number of aromatic amines is 1. The molecule has 0 aliphatic heterocycles. The van der Waals surface area contributed by atoms with Crippen LogP contribution in [0.1, 0.15) is 11.3 Å². The normalized spacial score (nSPS) is 11.0. The Kier molecular flexibility index (Phi) is 3.81. The van der Waals surface area contributed by atoms with E-state index >= 15 is 0 Å². The largest absolute Gasteiger partial charge is 0.323 e. The molecule has 0 saturated carbocycles. The number of nitrogens with zero attached hydrogens (tertiary/aromatic N) is 4. The van der Waals surface area contributed by atoms with Crippen LogP contribution < -0.4 is 5.32 Å². The number of hydrogen-bond donors (Lipinski definition) is 2. The van der Waals surface area contributed by atoms with E-state index in [0.717, 1.165) is 11.1 Å². The van der Waals surface area contributed by atoms with Crippen LogP contribution in [-0.2, 0) is 6.67 Å². The van der Waals surface area contributed by atoms with Gasteiger partial charge in [0.15, 0.2) is 17.3 Å². The van der Waals surface area contributed by atoms with Gasteiger partial charge in [0.25, 0.3) is 0 Å². The van der Waals surface area contributed by atoms with Gasteiger partial charge in [-0.3, -0.25) is 5.10 Å². The number of hydrogen-bond acceptors (Lipinski definition) is 5. The van der Waals surface area contributed by atoms with Crippen LogP contribution in [0.4, 0.5) is 16.0 Å². The minimum atomic E-state index is -0.582. The van der Waals surface area contributed by atoms with Crippen LogP contribution in [0.2, 0.25) is 0 Å². The van der Waals surface area contributed by atoms with E-state index in [1.807, 2.05) is 37.3 Å². The molecule has 0 unspecified atom stereocenters. The van der Waals surface area contributed by atoms with Crippen LogP contribution in [0.3, 0.4) is 0 Å². The summed E-state index contributed by atoms with van der Waals surface area (Å²) in [5.74, 6) is 1.65. The molecule has 0 aliphatic carbocycles. The summed E-state index contributed by atoms with van der Waals surface area (Å²) in [7, 11) is 0. The average molecular weight is 334 g/mol. The van der Waals surface area contributed by atoms with E-state index in [2.05, 4.69) is 30.5 Å². The van der Waals surface area contributed by atoms with Gasteiger partial charge in [0.2, 0.25) is 0 Å². The lowest BCUT2D eigenvalue weighted by atomic mass is 10.1. The van der Waals surface area contributed by atoms with Crippen molar-refractivity contribution >= 4 is 22.7 Å². The summed E-state index contributed by atoms with van der Waals surface area (Å²) in [5, 5.41) is 11.0. The number of fused-ring (bicyclic) bond motifs is 1. The summed E-state index contributed by atoms with van der Waals surface area (Å²) in [6, 6.07) is 12.7. The van der Waals surface area contributed by atoms with Crippen molar-refractivity contribution in [1.29, 1.82) is 0 Å². The molecule has 0 saturated heterocycles. The third-order valence-electron chi connectivity index (χ3n) is 3.83. The summed E-state index contributed by atoms with van der Waals surface area (Å²) in [4.78, 5) is 13.4. The third kappa shape index (κ3) is 2.91. The van der Waals surface area contributed by atoms with Gasteiger partial charge in [0.05, 0.1) is 5.39 Å². The highest BCUT2D eigenvalue weighted by Gasteiger charge is 2.13. The maximum Gasteiger partial charge on any atom is 0.165 e. The molecule has 7 heteroatoms. The molecule has 0 atom stereocenters. The fraction of sp³-hybridized carbons (Fsp3) is 0.111. The second-order valence-corrected chi connectivity index (χ2v) is 5.62. The zero-order valence-corrected chi connectivity index (χ0v) is 13.5. The van der Waals surface area contributed by atoms with Gasteiger partial charge in [0.1, 0.15) is 12.5 Å². The van der Waals surface area contributed by atoms with E-state index < -0.39 is 6.67 Å². The molecule has 0 bridgehead atoms. The van der Waals surface area contributed by atoms with E-state index in [9.17, 15) is 4.39 Å². The molecule has 0 fully saturated rings. The molecule has 2 N–H and O–H groups in total. The Hall–Kier alpha value is -3.35. The van der Waals surface area contributed by atoms with Gasteiger partial charge < -0.3 is 5.32 Å². The number of pyridine rings is 1. The monoisotopic (exact) mass is 334 g/mol. The maximum atomic E-state index is 13.3. The highest BCUT2D eigenvalue weighted by molar-refractivity contribution is 5.89. The molecule has 6 nitrogen and oxygen atoms in total. The quantitative estimate of drug-likeness (QED) is 0.591. The summed E-state index contributed by atoms with van der Waals surface area (Å²) in [6.45, 7) is 1.34. The predicted octanol–water partition coefficient (Wildman–Crippen LogP) is 3.94. The fourth-order valence-corrected chi connectivity index (χ4v) is 2.64. The number of halogens is 1. The summed E-state index contributed by atoms with van der Waals surface area (Å²) < 4.78 is 13.3. The number of aromatic nitrogens is 5. The van der Waals surface area contributed by atoms with Crippen LogP contribution in [0.15, 0.2) is 48.7 Å². The molecule has 0 spiro atoms. The fourth-order valence-electron chi connectivity index (χ4n) is 2.64. The van der Waals surface area contributed by atoms with Crippen LogP contribution in [-0.4, -0.2) is 25.1 Å². The second kappa shape index (κ2) is 6.27. The van der Waals surface area contributed by atoms with Gasteiger partial charge in [-0.15, -0.1) is 0 Å². The van der Waals surface area contributed by atoms with E-state index in [1.165, 1.54) is 0 Å². The van der Waals surface area contributed by atoms with Crippen LogP contribution in [0, 0.1) is 6.92 Å². The molecule has 25 heavy (non-hydrogen) atoms. The lowest BCUT2D eigenvalue weighted by molar-refractivity contribution is 0.486. The first-order chi connectivity index (χ1) is 12.2. The Labute approximate surface area is 143 Å². The molecule has 1 aromatic carbocycles. The first-order valence-corrected chi connectivity index (χ1v) is 7.80. The van der Waals surface area contributed by atoms with Crippen molar-refractivity contribution in [2.75, 3.05) is 5.32 Å². The third-order valence-corrected chi connectivity index (χ3v) is 3.83. The van der Waals surface area contributed by atoms with Gasteiger partial charge >= 0.3 is 0 Å². The highest BCUT2D eigenvalue weighted by atomic mass is 19.1. The van der Waals surface area contributed by atoms with Crippen molar-refractivity contribution in [3.63, 3.8) is 0 Å². The highest BCUT2D eigenvalue weighted by Crippen LogP contribution is 2.28. The minimum Gasteiger partial charge on any atom is -0.323 e. The van der Waals surface area contributed by atoms with Gasteiger partial charge in [-0.2, -0.15) is 5.10 Å². The van der Waals surface area contributed by atoms with Crippen LogP contribution in [0.5, 0.6) is 0 Å². The zero-order valence-electron chi connectivity index (χ0n) is 13.5. The number of benzene rings is 1. The van der Waals surface area contributed by atoms with E-state index in [1.54, 1.807) is 18.3 Å². The van der Waals surface area contributed by atoms with Crippen molar-refractivity contribution in [3.05, 3.63) is 59.9 Å². The second-order valence-electron chi connectivity index (χ2n) is 5.62. The van der Waals surface area contributed by atoms with E-state index in [-0.39, 0.29) is 0 Å². The van der Waals surface area contributed by atoms with Crippen molar-refractivity contribution in [1.82, 2.24) is 25.1 Å². The first-order valence-electron chi connectivity index (χ1n) is 7.80. The van der Waals surface area contributed by atoms with Crippen LogP contribution >= 0.6 is 0 Å². The van der Waals surface area contributed by atoms with Gasteiger partial charge in [-0.25, -0.2) is 19.3 Å². The Balaban J connectivity index is 1.89. The number of rotatable bonds is 4. The van der Waals surface area contributed by atoms with Crippen molar-refractivity contribution < 1.29 is 4.39 Å². The standard InChI is InChI=1S/C18H15FN6/c1-11-9-15(25-24-11)21-18-14-7-4-8-20-16(14)22-17(23-18)13-6-3-2-5-12(13)10-19/h2-9H,10H2,1H3,(H2,20,21,22,23,24,25). The SMILES string of the molecule is Cc1cc(Nc2nc(-c3ccccc3CF)nc3ncccc23)n[nH]1. The zero-order chi connectivity index (χ0) is 17.2. The van der Waals surface area contributed by atoms with E-state index in [0.29, 0.717) is 34.2 Å².